The number of carbonyl (C=O) groups is 1. The number of piperazine rings is 1. The number of anilines is 1. The van der Waals surface area contributed by atoms with Gasteiger partial charge in [-0.3, -0.25) is 4.90 Å². The van der Waals surface area contributed by atoms with E-state index in [2.05, 4.69) is 10.2 Å². The van der Waals surface area contributed by atoms with Gasteiger partial charge in [-0.05, 0) is 42.0 Å². The predicted octanol–water partition coefficient (Wildman–Crippen LogP) is 4.19. The molecule has 0 saturated carbocycles. The second-order valence-corrected chi connectivity index (χ2v) is 6.39. The number of nitrogens with one attached hydrogen (secondary N) is 1. The number of rotatable bonds is 3. The van der Waals surface area contributed by atoms with E-state index in [1.54, 1.807) is 4.90 Å². The van der Waals surface area contributed by atoms with E-state index >= 15 is 0 Å². The molecule has 0 atom stereocenters. The van der Waals surface area contributed by atoms with Gasteiger partial charge in [0.2, 0.25) is 0 Å². The Kier molecular flexibility index (Phi) is 5.65. The maximum atomic E-state index is 12.9. The number of amides is 2. The van der Waals surface area contributed by atoms with Crippen LogP contribution >= 0.6 is 0 Å². The highest BCUT2D eigenvalue weighted by atomic mass is 19.4. The molecule has 1 aliphatic heterocycles. The van der Waals surface area contributed by atoms with Gasteiger partial charge in [0.15, 0.2) is 0 Å². The summed E-state index contributed by atoms with van der Waals surface area (Å²) in [5, 5.41) is 2.72. The van der Waals surface area contributed by atoms with E-state index in [0.717, 1.165) is 17.7 Å². The van der Waals surface area contributed by atoms with E-state index in [0.29, 0.717) is 38.4 Å². The van der Waals surface area contributed by atoms with E-state index in [1.807, 2.05) is 0 Å². The SMILES string of the molecule is O=C(Nc1ccc(F)cc1)N1CCN(Cc2ccc(C(F)(F)F)cc2)CC1. The summed E-state index contributed by atoms with van der Waals surface area (Å²) in [5.41, 5.74) is 0.661. The lowest BCUT2D eigenvalue weighted by atomic mass is 10.1. The molecule has 4 nitrogen and oxygen atoms in total. The molecule has 8 heteroatoms. The van der Waals surface area contributed by atoms with Gasteiger partial charge in [-0.2, -0.15) is 13.2 Å². The molecule has 1 saturated heterocycles. The zero-order chi connectivity index (χ0) is 19.4. The molecule has 0 spiro atoms. The first-order valence-electron chi connectivity index (χ1n) is 8.51. The molecule has 1 fully saturated rings. The summed E-state index contributed by atoms with van der Waals surface area (Å²) in [6, 6.07) is 10.4. The Balaban J connectivity index is 1.48. The average molecular weight is 381 g/mol. The number of hydrogen-bond acceptors (Lipinski definition) is 2. The minimum absolute atomic E-state index is 0.254. The average Bonchev–Trinajstić information content (AvgIpc) is 2.64. The Morgan fingerprint density at radius 1 is 0.926 bits per heavy atom. The maximum absolute atomic E-state index is 12.9. The summed E-state index contributed by atoms with van der Waals surface area (Å²) >= 11 is 0. The van der Waals surface area contributed by atoms with Crippen LogP contribution in [0.1, 0.15) is 11.1 Å². The Morgan fingerprint density at radius 2 is 1.52 bits per heavy atom. The minimum atomic E-state index is -4.33. The molecule has 0 aliphatic carbocycles. The molecule has 2 aromatic carbocycles. The lowest BCUT2D eigenvalue weighted by Crippen LogP contribution is -2.49. The van der Waals surface area contributed by atoms with Gasteiger partial charge in [0.1, 0.15) is 5.82 Å². The smallest absolute Gasteiger partial charge is 0.322 e. The van der Waals surface area contributed by atoms with Crippen LogP contribution in [0.4, 0.5) is 28.0 Å². The second kappa shape index (κ2) is 7.96. The van der Waals surface area contributed by atoms with Gasteiger partial charge in [0.05, 0.1) is 5.56 Å². The van der Waals surface area contributed by atoms with E-state index < -0.39 is 11.7 Å². The maximum Gasteiger partial charge on any atom is 0.416 e. The van der Waals surface area contributed by atoms with Gasteiger partial charge in [0.25, 0.3) is 0 Å². The zero-order valence-corrected chi connectivity index (χ0v) is 14.5. The third kappa shape index (κ3) is 5.19. The van der Waals surface area contributed by atoms with Crippen molar-refractivity contribution in [2.24, 2.45) is 0 Å². The number of carbonyl (C=O) groups excluding carboxylic acids is 1. The molecule has 0 unspecified atom stereocenters. The summed E-state index contributed by atoms with van der Waals surface area (Å²) in [6.45, 7) is 2.79. The van der Waals surface area contributed by atoms with Gasteiger partial charge in [0, 0.05) is 38.4 Å². The number of hydrogen-bond donors (Lipinski definition) is 1. The summed E-state index contributed by atoms with van der Waals surface area (Å²) in [6.07, 6.45) is -4.33. The molecule has 2 aromatic rings. The number of alkyl halides is 3. The molecular weight excluding hydrogens is 362 g/mol. The molecule has 0 bridgehead atoms. The molecule has 0 aromatic heterocycles. The lowest BCUT2D eigenvalue weighted by Gasteiger charge is -2.34. The van der Waals surface area contributed by atoms with Gasteiger partial charge < -0.3 is 10.2 Å². The standard InChI is InChI=1S/C19H19F4N3O/c20-16-5-7-17(8-6-16)24-18(27)26-11-9-25(10-12-26)13-14-1-3-15(4-2-14)19(21,22)23/h1-8H,9-13H2,(H,24,27). The Hall–Kier alpha value is -2.61. The van der Waals surface area contributed by atoms with Gasteiger partial charge in [-0.1, -0.05) is 12.1 Å². The van der Waals surface area contributed by atoms with Crippen LogP contribution in [0, 0.1) is 5.82 Å². The quantitative estimate of drug-likeness (QED) is 0.809. The summed E-state index contributed by atoms with van der Waals surface area (Å²) in [7, 11) is 0. The Bertz CT molecular complexity index is 767. The lowest BCUT2D eigenvalue weighted by molar-refractivity contribution is -0.137. The summed E-state index contributed by atoms with van der Waals surface area (Å²) in [5.74, 6) is -0.370. The summed E-state index contributed by atoms with van der Waals surface area (Å²) < 4.78 is 50.7. The van der Waals surface area contributed by atoms with Crippen molar-refractivity contribution < 1.29 is 22.4 Å². The molecule has 2 amide bonds. The zero-order valence-electron chi connectivity index (χ0n) is 14.5. The van der Waals surface area contributed by atoms with Crippen molar-refractivity contribution in [1.82, 2.24) is 9.80 Å². The van der Waals surface area contributed by atoms with E-state index in [1.165, 1.54) is 36.4 Å². The van der Waals surface area contributed by atoms with E-state index in [-0.39, 0.29) is 11.8 Å². The highest BCUT2D eigenvalue weighted by Gasteiger charge is 2.30. The molecule has 1 N–H and O–H groups in total. The fraction of sp³-hybridized carbons (Fsp3) is 0.316. The molecular formula is C19H19F4N3O. The first-order chi connectivity index (χ1) is 12.8. The van der Waals surface area contributed by atoms with E-state index in [9.17, 15) is 22.4 Å². The van der Waals surface area contributed by atoms with Crippen molar-refractivity contribution in [3.8, 4) is 0 Å². The molecule has 144 valence electrons. The van der Waals surface area contributed by atoms with Gasteiger partial charge >= 0.3 is 12.2 Å². The Labute approximate surface area is 154 Å². The molecule has 0 radical (unpaired) electrons. The van der Waals surface area contributed by atoms with Crippen LogP contribution in [0.2, 0.25) is 0 Å². The van der Waals surface area contributed by atoms with Crippen molar-refractivity contribution in [2.75, 3.05) is 31.5 Å². The molecule has 1 heterocycles. The third-order valence-corrected chi connectivity index (χ3v) is 4.44. The largest absolute Gasteiger partial charge is 0.416 e. The van der Waals surface area contributed by atoms with Crippen LogP contribution in [-0.2, 0) is 12.7 Å². The topological polar surface area (TPSA) is 35.6 Å². The van der Waals surface area contributed by atoms with Crippen LogP contribution in [0.15, 0.2) is 48.5 Å². The summed E-state index contributed by atoms with van der Waals surface area (Å²) in [4.78, 5) is 16.0. The van der Waals surface area contributed by atoms with Crippen LogP contribution < -0.4 is 5.32 Å². The third-order valence-electron chi connectivity index (χ3n) is 4.44. The van der Waals surface area contributed by atoms with E-state index in [4.69, 9.17) is 0 Å². The molecule has 3 rings (SSSR count). The number of nitrogens with zero attached hydrogens (tertiary/aromatic N) is 2. The number of urea groups is 1. The predicted molar refractivity (Wildman–Crippen MR) is 93.7 cm³/mol. The van der Waals surface area contributed by atoms with Crippen molar-refractivity contribution in [1.29, 1.82) is 0 Å². The van der Waals surface area contributed by atoms with Crippen molar-refractivity contribution in [2.45, 2.75) is 12.7 Å². The first kappa shape index (κ1) is 19.2. The fourth-order valence-corrected chi connectivity index (χ4v) is 2.90. The van der Waals surface area contributed by atoms with Crippen LogP contribution in [-0.4, -0.2) is 42.0 Å². The van der Waals surface area contributed by atoms with Crippen molar-refractivity contribution in [3.05, 3.63) is 65.5 Å². The molecule has 1 aliphatic rings. The van der Waals surface area contributed by atoms with Crippen LogP contribution in [0.5, 0.6) is 0 Å². The fourth-order valence-electron chi connectivity index (χ4n) is 2.90. The van der Waals surface area contributed by atoms with Crippen molar-refractivity contribution >= 4 is 11.7 Å². The van der Waals surface area contributed by atoms with Gasteiger partial charge in [-0.15, -0.1) is 0 Å². The molecule has 27 heavy (non-hydrogen) atoms. The van der Waals surface area contributed by atoms with Gasteiger partial charge in [-0.25, -0.2) is 9.18 Å². The number of halogens is 4. The van der Waals surface area contributed by atoms with Crippen LogP contribution in [0.3, 0.4) is 0 Å². The first-order valence-corrected chi connectivity index (χ1v) is 8.51. The van der Waals surface area contributed by atoms with Crippen molar-refractivity contribution in [3.63, 3.8) is 0 Å². The minimum Gasteiger partial charge on any atom is -0.322 e. The Morgan fingerprint density at radius 3 is 2.07 bits per heavy atom. The van der Waals surface area contributed by atoms with Crippen LogP contribution in [0.25, 0.3) is 0 Å². The highest BCUT2D eigenvalue weighted by molar-refractivity contribution is 5.89. The normalized spacial score (nSPS) is 15.6. The second-order valence-electron chi connectivity index (χ2n) is 6.39. The monoisotopic (exact) mass is 381 g/mol. The number of benzene rings is 2. The highest BCUT2D eigenvalue weighted by Crippen LogP contribution is 2.29.